The van der Waals surface area contributed by atoms with Gasteiger partial charge in [-0.2, -0.15) is 0 Å². The van der Waals surface area contributed by atoms with E-state index in [1.807, 2.05) is 19.1 Å². The number of rotatable bonds is 7. The number of phenols is 1. The lowest BCUT2D eigenvalue weighted by atomic mass is 9.97. The third-order valence-electron chi connectivity index (χ3n) is 4.60. The topological polar surface area (TPSA) is 86.6 Å². The van der Waals surface area contributed by atoms with Crippen LogP contribution in [0.2, 0.25) is 0 Å². The van der Waals surface area contributed by atoms with Crippen molar-refractivity contribution in [1.29, 1.82) is 0 Å². The Morgan fingerprint density at radius 1 is 0.893 bits per heavy atom. The summed E-state index contributed by atoms with van der Waals surface area (Å²) in [5, 5.41) is 22.7. The third-order valence-corrected chi connectivity index (χ3v) is 4.60. The Labute approximate surface area is 163 Å². The zero-order valence-corrected chi connectivity index (χ0v) is 15.5. The Hall–Kier alpha value is -3.60. The van der Waals surface area contributed by atoms with Crippen LogP contribution in [0.5, 0.6) is 5.75 Å². The number of hydrogen-bond acceptors (Lipinski definition) is 4. The summed E-state index contributed by atoms with van der Waals surface area (Å²) < 4.78 is 0. The monoisotopic (exact) mass is 375 g/mol. The van der Waals surface area contributed by atoms with E-state index in [1.54, 1.807) is 42.5 Å². The average molecular weight is 375 g/mol. The average Bonchev–Trinajstić information content (AvgIpc) is 2.72. The number of carbonyl (C=O) groups is 2. The number of nitrogens with one attached hydrogen (secondary N) is 1. The maximum atomic E-state index is 13.0. The summed E-state index contributed by atoms with van der Waals surface area (Å²) in [6.45, 7) is 2.35. The second kappa shape index (κ2) is 8.39. The molecule has 5 heteroatoms. The fourth-order valence-corrected chi connectivity index (χ4v) is 3.02. The number of carbonyl (C=O) groups excluding carboxylic acids is 1. The van der Waals surface area contributed by atoms with Gasteiger partial charge >= 0.3 is 5.97 Å². The number of aromatic hydroxyl groups is 1. The zero-order valence-electron chi connectivity index (χ0n) is 15.5. The smallest absolute Gasteiger partial charge is 0.336 e. The molecule has 0 aromatic heterocycles. The Morgan fingerprint density at radius 2 is 1.54 bits per heavy atom. The Kier molecular flexibility index (Phi) is 5.75. The summed E-state index contributed by atoms with van der Waals surface area (Å²) >= 11 is 0. The predicted molar refractivity (Wildman–Crippen MR) is 108 cm³/mol. The SMILES string of the molecule is CCc1ccc(CNc2ccccc2C(=O)c2ccccc2C(=O)O)c(O)c1. The van der Waals surface area contributed by atoms with Crippen molar-refractivity contribution in [3.8, 4) is 5.75 Å². The van der Waals surface area contributed by atoms with Gasteiger partial charge in [0.25, 0.3) is 0 Å². The maximum Gasteiger partial charge on any atom is 0.336 e. The molecule has 0 unspecified atom stereocenters. The molecule has 0 radical (unpaired) electrons. The van der Waals surface area contributed by atoms with Crippen molar-refractivity contribution in [2.75, 3.05) is 5.32 Å². The quantitative estimate of drug-likeness (QED) is 0.530. The predicted octanol–water partition coefficient (Wildman–Crippen LogP) is 4.50. The van der Waals surface area contributed by atoms with E-state index in [-0.39, 0.29) is 22.7 Å². The van der Waals surface area contributed by atoms with Gasteiger partial charge < -0.3 is 15.5 Å². The molecule has 0 aliphatic heterocycles. The highest BCUT2D eigenvalue weighted by atomic mass is 16.4. The molecular weight excluding hydrogens is 354 g/mol. The normalized spacial score (nSPS) is 10.5. The lowest BCUT2D eigenvalue weighted by Crippen LogP contribution is -2.12. The highest BCUT2D eigenvalue weighted by molar-refractivity contribution is 6.16. The van der Waals surface area contributed by atoms with Crippen LogP contribution in [-0.2, 0) is 13.0 Å². The van der Waals surface area contributed by atoms with E-state index < -0.39 is 5.97 Å². The molecule has 5 nitrogen and oxygen atoms in total. The van der Waals surface area contributed by atoms with Gasteiger partial charge in [0.15, 0.2) is 5.78 Å². The number of para-hydroxylation sites is 1. The molecule has 0 heterocycles. The molecular formula is C23H21NO4. The maximum absolute atomic E-state index is 13.0. The van der Waals surface area contributed by atoms with Crippen molar-refractivity contribution < 1.29 is 19.8 Å². The van der Waals surface area contributed by atoms with Crippen molar-refractivity contribution in [1.82, 2.24) is 0 Å². The molecule has 0 atom stereocenters. The second-order valence-electron chi connectivity index (χ2n) is 6.40. The first-order valence-electron chi connectivity index (χ1n) is 9.02. The first-order valence-corrected chi connectivity index (χ1v) is 9.02. The summed E-state index contributed by atoms with van der Waals surface area (Å²) in [6.07, 6.45) is 0.835. The fraction of sp³-hybridized carbons (Fsp3) is 0.130. The zero-order chi connectivity index (χ0) is 20.1. The van der Waals surface area contributed by atoms with Gasteiger partial charge in [0.05, 0.1) is 5.56 Å². The van der Waals surface area contributed by atoms with Crippen LogP contribution < -0.4 is 5.32 Å². The summed E-state index contributed by atoms with van der Waals surface area (Å²) in [6, 6.07) is 18.6. The van der Waals surface area contributed by atoms with E-state index in [0.29, 0.717) is 23.4 Å². The highest BCUT2D eigenvalue weighted by Crippen LogP contribution is 2.24. The molecule has 0 saturated carbocycles. The van der Waals surface area contributed by atoms with Crippen molar-refractivity contribution in [3.05, 3.63) is 94.5 Å². The number of anilines is 1. The van der Waals surface area contributed by atoms with Crippen LogP contribution in [-0.4, -0.2) is 22.0 Å². The summed E-state index contributed by atoms with van der Waals surface area (Å²) in [5.41, 5.74) is 2.81. The van der Waals surface area contributed by atoms with Crippen LogP contribution in [0.1, 0.15) is 44.3 Å². The van der Waals surface area contributed by atoms with Gasteiger partial charge in [0, 0.05) is 28.9 Å². The van der Waals surface area contributed by atoms with Gasteiger partial charge in [-0.3, -0.25) is 4.79 Å². The summed E-state index contributed by atoms with van der Waals surface area (Å²) in [7, 11) is 0. The Bertz CT molecular complexity index is 1030. The van der Waals surface area contributed by atoms with Crippen LogP contribution in [0.4, 0.5) is 5.69 Å². The van der Waals surface area contributed by atoms with Crippen LogP contribution >= 0.6 is 0 Å². The van der Waals surface area contributed by atoms with Crippen LogP contribution in [0.3, 0.4) is 0 Å². The number of benzene rings is 3. The minimum absolute atomic E-state index is 0.0323. The summed E-state index contributed by atoms with van der Waals surface area (Å²) in [4.78, 5) is 24.4. The van der Waals surface area contributed by atoms with Crippen LogP contribution in [0.15, 0.2) is 66.7 Å². The van der Waals surface area contributed by atoms with E-state index in [0.717, 1.165) is 12.0 Å². The number of aromatic carboxylic acids is 1. The number of phenolic OH excluding ortho intramolecular Hbond substituents is 1. The van der Waals surface area contributed by atoms with Gasteiger partial charge in [-0.05, 0) is 36.2 Å². The highest BCUT2D eigenvalue weighted by Gasteiger charge is 2.19. The molecule has 3 aromatic rings. The molecule has 142 valence electrons. The van der Waals surface area contributed by atoms with Gasteiger partial charge in [-0.25, -0.2) is 4.79 Å². The Balaban J connectivity index is 1.88. The van der Waals surface area contributed by atoms with Gasteiger partial charge in [-0.15, -0.1) is 0 Å². The van der Waals surface area contributed by atoms with E-state index in [2.05, 4.69) is 5.32 Å². The van der Waals surface area contributed by atoms with E-state index in [1.165, 1.54) is 12.1 Å². The molecule has 0 aliphatic rings. The molecule has 3 rings (SSSR count). The summed E-state index contributed by atoms with van der Waals surface area (Å²) in [5.74, 6) is -1.31. The van der Waals surface area contributed by atoms with E-state index >= 15 is 0 Å². The molecule has 0 amide bonds. The van der Waals surface area contributed by atoms with Crippen LogP contribution in [0, 0.1) is 0 Å². The number of carboxylic acids is 1. The van der Waals surface area contributed by atoms with E-state index in [9.17, 15) is 19.8 Å². The number of ketones is 1. The minimum atomic E-state index is -1.14. The van der Waals surface area contributed by atoms with Crippen molar-refractivity contribution >= 4 is 17.4 Å². The number of aryl methyl sites for hydroxylation is 1. The number of hydrogen-bond donors (Lipinski definition) is 3. The first kappa shape index (κ1) is 19.2. The van der Waals surface area contributed by atoms with Crippen molar-refractivity contribution in [2.45, 2.75) is 19.9 Å². The molecule has 0 spiro atoms. The largest absolute Gasteiger partial charge is 0.508 e. The van der Waals surface area contributed by atoms with Crippen molar-refractivity contribution in [3.63, 3.8) is 0 Å². The second-order valence-corrected chi connectivity index (χ2v) is 6.40. The lowest BCUT2D eigenvalue weighted by Gasteiger charge is -2.13. The van der Waals surface area contributed by atoms with Gasteiger partial charge in [0.1, 0.15) is 5.75 Å². The minimum Gasteiger partial charge on any atom is -0.508 e. The van der Waals surface area contributed by atoms with E-state index in [4.69, 9.17) is 0 Å². The Morgan fingerprint density at radius 3 is 2.18 bits per heavy atom. The molecule has 3 N–H and O–H groups in total. The molecule has 0 bridgehead atoms. The first-order chi connectivity index (χ1) is 13.5. The van der Waals surface area contributed by atoms with Gasteiger partial charge in [-0.1, -0.05) is 49.4 Å². The molecule has 0 saturated heterocycles. The molecule has 28 heavy (non-hydrogen) atoms. The third kappa shape index (κ3) is 4.04. The molecule has 3 aromatic carbocycles. The van der Waals surface area contributed by atoms with Gasteiger partial charge in [0.2, 0.25) is 0 Å². The van der Waals surface area contributed by atoms with Crippen LogP contribution in [0.25, 0.3) is 0 Å². The fourth-order valence-electron chi connectivity index (χ4n) is 3.02. The standard InChI is InChI=1S/C23H21NO4/c1-2-15-11-12-16(21(25)13-15)14-24-20-10-6-5-9-19(20)22(26)17-7-3-4-8-18(17)23(27)28/h3-13,24-25H,2,14H2,1H3,(H,27,28). The molecule has 0 aliphatic carbocycles. The lowest BCUT2D eigenvalue weighted by molar-refractivity contribution is 0.0693. The van der Waals surface area contributed by atoms with Crippen molar-refractivity contribution in [2.24, 2.45) is 0 Å². The number of carboxylic acid groups (broad SMARTS) is 1. The molecule has 0 fully saturated rings.